The molecule has 0 saturated heterocycles. The molecule has 15 heavy (non-hydrogen) atoms. The number of aromatic nitrogens is 1. The Hall–Kier alpha value is -2.11. The number of hydrogen-bond donors (Lipinski definition) is 2. The minimum absolute atomic E-state index is 0.314. The van der Waals surface area contributed by atoms with Gasteiger partial charge in [-0.2, -0.15) is 0 Å². The van der Waals surface area contributed by atoms with Crippen molar-refractivity contribution in [2.24, 2.45) is 5.73 Å². The van der Waals surface area contributed by atoms with Gasteiger partial charge in [0, 0.05) is 5.69 Å². The molecule has 3 N–H and O–H groups in total. The molecule has 1 heterocycles. The van der Waals surface area contributed by atoms with Gasteiger partial charge in [0.25, 0.3) is 5.56 Å². The van der Waals surface area contributed by atoms with E-state index >= 15 is 0 Å². The largest absolute Gasteiger partial charge is 0.477 e. The Morgan fingerprint density at radius 1 is 1.47 bits per heavy atom. The van der Waals surface area contributed by atoms with Gasteiger partial charge in [0.1, 0.15) is 12.1 Å². The zero-order chi connectivity index (χ0) is 11.6. The minimum Gasteiger partial charge on any atom is -0.477 e. The Bertz CT molecular complexity index is 475. The van der Waals surface area contributed by atoms with Gasteiger partial charge < -0.3 is 15.4 Å². The molecule has 0 aliphatic carbocycles. The second kappa shape index (κ2) is 3.95. The van der Waals surface area contributed by atoms with Gasteiger partial charge in [0.05, 0.1) is 0 Å². The van der Waals surface area contributed by atoms with Crippen LogP contribution < -0.4 is 11.3 Å². The summed E-state index contributed by atoms with van der Waals surface area (Å²) in [6, 6.07) is 2.66. The molecule has 0 aliphatic heterocycles. The number of carbonyl (C=O) groups excluding carboxylic acids is 1. The van der Waals surface area contributed by atoms with Crippen molar-refractivity contribution in [1.29, 1.82) is 0 Å². The number of amides is 1. The predicted molar refractivity (Wildman–Crippen MR) is 51.6 cm³/mol. The first-order chi connectivity index (χ1) is 6.93. The number of nitrogens with zero attached hydrogens (tertiary/aromatic N) is 1. The maximum absolute atomic E-state index is 11.5. The molecule has 0 aliphatic rings. The monoisotopic (exact) mass is 210 g/mol. The number of primary amides is 1. The van der Waals surface area contributed by atoms with E-state index < -0.39 is 17.4 Å². The lowest BCUT2D eigenvalue weighted by Crippen LogP contribution is -2.32. The molecule has 0 unspecified atom stereocenters. The molecule has 0 saturated carbocycles. The first-order valence-electron chi connectivity index (χ1n) is 4.15. The van der Waals surface area contributed by atoms with Crippen LogP contribution in [-0.2, 0) is 11.3 Å². The van der Waals surface area contributed by atoms with Gasteiger partial charge in [-0.05, 0) is 19.1 Å². The first kappa shape index (κ1) is 11.0. The van der Waals surface area contributed by atoms with Crippen LogP contribution in [0, 0.1) is 6.92 Å². The van der Waals surface area contributed by atoms with Crippen molar-refractivity contribution < 1.29 is 14.7 Å². The second-order valence-corrected chi connectivity index (χ2v) is 3.05. The third kappa shape index (κ3) is 2.22. The molecule has 0 radical (unpaired) electrons. The molecule has 1 amide bonds. The molecule has 1 rings (SSSR count). The van der Waals surface area contributed by atoms with Crippen LogP contribution in [0.3, 0.4) is 0 Å². The zero-order valence-corrected chi connectivity index (χ0v) is 8.06. The Kier molecular flexibility index (Phi) is 2.89. The van der Waals surface area contributed by atoms with Crippen LogP contribution in [0.4, 0.5) is 0 Å². The lowest BCUT2D eigenvalue weighted by molar-refractivity contribution is -0.118. The van der Waals surface area contributed by atoms with Crippen LogP contribution in [0.25, 0.3) is 0 Å². The quantitative estimate of drug-likeness (QED) is 0.691. The average Bonchev–Trinajstić information content (AvgIpc) is 2.11. The van der Waals surface area contributed by atoms with Gasteiger partial charge >= 0.3 is 5.97 Å². The molecule has 6 nitrogen and oxygen atoms in total. The van der Waals surface area contributed by atoms with E-state index in [2.05, 4.69) is 0 Å². The predicted octanol–water partition coefficient (Wildman–Crippen LogP) is -0.660. The first-order valence-corrected chi connectivity index (χ1v) is 4.15. The number of carboxylic acid groups (broad SMARTS) is 1. The maximum atomic E-state index is 11.5. The van der Waals surface area contributed by atoms with Crippen molar-refractivity contribution in [2.45, 2.75) is 13.5 Å². The summed E-state index contributed by atoms with van der Waals surface area (Å²) in [5.74, 6) is -2.01. The van der Waals surface area contributed by atoms with E-state index in [1.165, 1.54) is 12.1 Å². The third-order valence-electron chi connectivity index (χ3n) is 1.94. The number of hydrogen-bond acceptors (Lipinski definition) is 3. The number of nitrogens with two attached hydrogens (primary N) is 1. The van der Waals surface area contributed by atoms with E-state index in [9.17, 15) is 14.4 Å². The summed E-state index contributed by atoms with van der Waals surface area (Å²) in [4.78, 5) is 32.9. The number of pyridine rings is 1. The van der Waals surface area contributed by atoms with Gasteiger partial charge in [0.15, 0.2) is 0 Å². The molecule has 0 bridgehead atoms. The molecule has 6 heteroatoms. The van der Waals surface area contributed by atoms with Crippen molar-refractivity contribution in [3.8, 4) is 0 Å². The zero-order valence-electron chi connectivity index (χ0n) is 8.06. The molecule has 0 aromatic carbocycles. The summed E-state index contributed by atoms with van der Waals surface area (Å²) in [5, 5.41) is 8.69. The Morgan fingerprint density at radius 3 is 2.53 bits per heavy atom. The maximum Gasteiger partial charge on any atom is 0.341 e. The number of aromatic carboxylic acids is 1. The van der Waals surface area contributed by atoms with Crippen molar-refractivity contribution in [2.75, 3.05) is 0 Å². The number of rotatable bonds is 3. The van der Waals surface area contributed by atoms with Crippen molar-refractivity contribution in [1.82, 2.24) is 4.57 Å². The fourth-order valence-electron chi connectivity index (χ4n) is 1.19. The lowest BCUT2D eigenvalue weighted by Gasteiger charge is -2.07. The normalized spacial score (nSPS) is 9.93. The molecule has 1 aromatic rings. The van der Waals surface area contributed by atoms with E-state index in [1.54, 1.807) is 6.92 Å². The van der Waals surface area contributed by atoms with Crippen LogP contribution >= 0.6 is 0 Å². The summed E-state index contributed by atoms with van der Waals surface area (Å²) >= 11 is 0. The molecule has 1 aromatic heterocycles. The molecule has 0 atom stereocenters. The van der Waals surface area contributed by atoms with Gasteiger partial charge in [-0.25, -0.2) is 4.79 Å². The van der Waals surface area contributed by atoms with E-state index in [1.807, 2.05) is 0 Å². The highest BCUT2D eigenvalue weighted by molar-refractivity contribution is 5.87. The van der Waals surface area contributed by atoms with E-state index in [4.69, 9.17) is 10.8 Å². The smallest absolute Gasteiger partial charge is 0.341 e. The highest BCUT2D eigenvalue weighted by atomic mass is 16.4. The van der Waals surface area contributed by atoms with Crippen molar-refractivity contribution >= 4 is 11.9 Å². The topological polar surface area (TPSA) is 102 Å². The highest BCUT2D eigenvalue weighted by Gasteiger charge is 2.13. The summed E-state index contributed by atoms with van der Waals surface area (Å²) in [6.07, 6.45) is 0. The van der Waals surface area contributed by atoms with Gasteiger partial charge in [-0.15, -0.1) is 0 Å². The Labute approximate surface area is 84.9 Å². The number of carbonyl (C=O) groups is 2. The summed E-state index contributed by atoms with van der Waals surface area (Å²) in [5.41, 5.74) is 4.34. The molecular formula is C9H10N2O4. The minimum atomic E-state index is -1.32. The highest BCUT2D eigenvalue weighted by Crippen LogP contribution is 1.98. The fourth-order valence-corrected chi connectivity index (χ4v) is 1.19. The molecule has 0 spiro atoms. The van der Waals surface area contributed by atoms with Crippen LogP contribution in [0.5, 0.6) is 0 Å². The molecular weight excluding hydrogens is 200 g/mol. The standard InChI is InChI=1S/C9H10N2O4/c1-5-2-3-6(9(14)15)8(13)11(5)4-7(10)12/h2-3H,4H2,1H3,(H2,10,12)(H,14,15). The van der Waals surface area contributed by atoms with Gasteiger partial charge in [-0.3, -0.25) is 9.59 Å². The molecule has 80 valence electrons. The van der Waals surface area contributed by atoms with Crippen LogP contribution in [0.1, 0.15) is 16.1 Å². The van der Waals surface area contributed by atoms with Gasteiger partial charge in [0.2, 0.25) is 5.91 Å². The van der Waals surface area contributed by atoms with E-state index in [-0.39, 0.29) is 12.1 Å². The van der Waals surface area contributed by atoms with Crippen molar-refractivity contribution in [3.05, 3.63) is 33.7 Å². The van der Waals surface area contributed by atoms with Crippen molar-refractivity contribution in [3.63, 3.8) is 0 Å². The number of aryl methyl sites for hydroxylation is 1. The fraction of sp³-hybridized carbons (Fsp3) is 0.222. The summed E-state index contributed by atoms with van der Waals surface area (Å²) in [7, 11) is 0. The van der Waals surface area contributed by atoms with E-state index in [0.717, 1.165) is 4.57 Å². The van der Waals surface area contributed by atoms with Crippen LogP contribution in [0.2, 0.25) is 0 Å². The molecule has 0 fully saturated rings. The van der Waals surface area contributed by atoms with Crippen LogP contribution in [0.15, 0.2) is 16.9 Å². The number of carboxylic acids is 1. The third-order valence-corrected chi connectivity index (χ3v) is 1.94. The summed E-state index contributed by atoms with van der Waals surface area (Å²) < 4.78 is 1.03. The SMILES string of the molecule is Cc1ccc(C(=O)O)c(=O)n1CC(N)=O. The lowest BCUT2D eigenvalue weighted by atomic mass is 10.2. The Morgan fingerprint density at radius 2 is 2.07 bits per heavy atom. The van der Waals surface area contributed by atoms with E-state index in [0.29, 0.717) is 5.69 Å². The Balaban J connectivity index is 3.37. The second-order valence-electron chi connectivity index (χ2n) is 3.05. The average molecular weight is 210 g/mol. The van der Waals surface area contributed by atoms with Crippen LogP contribution in [-0.4, -0.2) is 21.6 Å². The summed E-state index contributed by atoms with van der Waals surface area (Å²) in [6.45, 7) is 1.28. The van der Waals surface area contributed by atoms with Gasteiger partial charge in [-0.1, -0.05) is 0 Å².